The number of piperazine rings is 1. The third-order valence-corrected chi connectivity index (χ3v) is 7.45. The molecule has 0 aromatic carbocycles. The molecule has 1 aliphatic carbocycles. The molecule has 5 heterocycles. The number of pyridine rings is 1. The fourth-order valence-electron chi connectivity index (χ4n) is 5.07. The first kappa shape index (κ1) is 33.6. The predicted octanol–water partition coefficient (Wildman–Crippen LogP) is 4.70. The number of amides is 1. The van der Waals surface area contributed by atoms with E-state index in [2.05, 4.69) is 38.6 Å². The second-order valence-corrected chi connectivity index (χ2v) is 10.8. The van der Waals surface area contributed by atoms with Gasteiger partial charge in [0.1, 0.15) is 11.5 Å². The van der Waals surface area contributed by atoms with Gasteiger partial charge in [-0.05, 0) is 55.9 Å². The lowest BCUT2D eigenvalue weighted by Crippen LogP contribution is -2.51. The molecule has 0 radical (unpaired) electrons. The number of carboxylic acids is 2. The molecule has 2 N–H and O–H groups in total. The number of aromatic nitrogens is 2. The molecule has 6 rings (SSSR count). The van der Waals surface area contributed by atoms with E-state index >= 15 is 0 Å². The van der Waals surface area contributed by atoms with Crippen LogP contribution in [0.4, 0.5) is 32.2 Å². The lowest BCUT2D eigenvalue weighted by molar-refractivity contribution is -0.193. The van der Waals surface area contributed by atoms with Crippen LogP contribution in [0.5, 0.6) is 0 Å². The van der Waals surface area contributed by atoms with Crippen LogP contribution in [-0.2, 0) is 9.59 Å². The number of rotatable bonds is 5. The number of carbonyl (C=O) groups excluding carboxylic acids is 1. The van der Waals surface area contributed by atoms with Crippen LogP contribution in [0.2, 0.25) is 0 Å². The summed E-state index contributed by atoms with van der Waals surface area (Å²) in [6, 6.07) is 10.0. The van der Waals surface area contributed by atoms with Gasteiger partial charge in [-0.15, -0.1) is 0 Å². The van der Waals surface area contributed by atoms with Crippen molar-refractivity contribution in [3.63, 3.8) is 0 Å². The monoisotopic (exact) mass is 647 g/mol. The summed E-state index contributed by atoms with van der Waals surface area (Å²) in [5.41, 5.74) is 2.05. The quantitative estimate of drug-likeness (QED) is 0.378. The lowest BCUT2D eigenvalue weighted by atomic mass is 10.1. The minimum absolute atomic E-state index is 0.0254. The molecule has 1 atom stereocenters. The minimum atomic E-state index is -5.08. The second kappa shape index (κ2) is 13.8. The first-order chi connectivity index (χ1) is 21.1. The number of furan rings is 1. The molecule has 3 fully saturated rings. The Kier molecular flexibility index (Phi) is 10.3. The largest absolute Gasteiger partial charge is 0.490 e. The van der Waals surface area contributed by atoms with Gasteiger partial charge in [-0.2, -0.15) is 26.3 Å². The van der Waals surface area contributed by atoms with Crippen molar-refractivity contribution in [1.29, 1.82) is 0 Å². The van der Waals surface area contributed by atoms with Crippen LogP contribution >= 0.6 is 0 Å². The number of carbonyl (C=O) groups is 3. The topological polar surface area (TPSA) is 132 Å². The fourth-order valence-corrected chi connectivity index (χ4v) is 5.07. The Morgan fingerprint density at radius 1 is 0.889 bits per heavy atom. The Morgan fingerprint density at radius 2 is 1.51 bits per heavy atom. The first-order valence-corrected chi connectivity index (χ1v) is 14.0. The zero-order chi connectivity index (χ0) is 32.9. The van der Waals surface area contributed by atoms with Crippen molar-refractivity contribution >= 4 is 29.3 Å². The molecule has 0 bridgehead atoms. The van der Waals surface area contributed by atoms with Gasteiger partial charge in [-0.25, -0.2) is 14.6 Å². The summed E-state index contributed by atoms with van der Waals surface area (Å²) >= 11 is 0. The van der Waals surface area contributed by atoms with Crippen LogP contribution in [-0.4, -0.2) is 98.9 Å². The maximum Gasteiger partial charge on any atom is 0.490 e. The molecule has 1 unspecified atom stereocenters. The van der Waals surface area contributed by atoms with E-state index in [1.54, 1.807) is 18.4 Å². The number of anilines is 1. The first-order valence-electron chi connectivity index (χ1n) is 14.0. The Balaban J connectivity index is 0.000000277. The number of aliphatic carboxylic acids is 2. The van der Waals surface area contributed by atoms with Crippen LogP contribution in [0.1, 0.15) is 48.0 Å². The van der Waals surface area contributed by atoms with Crippen LogP contribution in [0.25, 0.3) is 5.65 Å². The van der Waals surface area contributed by atoms with E-state index in [4.69, 9.17) is 29.2 Å². The van der Waals surface area contributed by atoms with Crippen molar-refractivity contribution in [2.24, 2.45) is 5.92 Å². The summed E-state index contributed by atoms with van der Waals surface area (Å²) in [6.07, 6.45) is -1.26. The molecule has 1 saturated carbocycles. The number of carboxylic acid groups (broad SMARTS) is 2. The summed E-state index contributed by atoms with van der Waals surface area (Å²) in [6.45, 7) is 5.57. The Hall–Kier alpha value is -4.28. The third-order valence-electron chi connectivity index (χ3n) is 7.45. The molecule has 2 saturated heterocycles. The number of fused-ring (bicyclic) bond motifs is 1. The summed E-state index contributed by atoms with van der Waals surface area (Å²) in [4.78, 5) is 42.7. The summed E-state index contributed by atoms with van der Waals surface area (Å²) in [5.74, 6) is -3.10. The zero-order valence-corrected chi connectivity index (χ0v) is 23.8. The highest BCUT2D eigenvalue weighted by Crippen LogP contribution is 2.35. The average Bonchev–Trinajstić information content (AvgIpc) is 3.39. The molecule has 45 heavy (non-hydrogen) atoms. The van der Waals surface area contributed by atoms with Gasteiger partial charge < -0.3 is 24.4 Å². The Labute approximate surface area is 252 Å². The molecule has 2 aliphatic heterocycles. The van der Waals surface area contributed by atoms with Gasteiger partial charge in [0.2, 0.25) is 0 Å². The van der Waals surface area contributed by atoms with Crippen molar-refractivity contribution in [3.05, 3.63) is 54.2 Å². The van der Waals surface area contributed by atoms with Gasteiger partial charge in [-0.3, -0.25) is 14.1 Å². The highest BCUT2D eigenvalue weighted by molar-refractivity contribution is 5.91. The maximum atomic E-state index is 13.0. The molecular formula is C28H31F6N5O6. The van der Waals surface area contributed by atoms with Crippen LogP contribution in [0.15, 0.2) is 47.2 Å². The Morgan fingerprint density at radius 3 is 2.04 bits per heavy atom. The summed E-state index contributed by atoms with van der Waals surface area (Å²) in [5, 5.41) is 14.2. The van der Waals surface area contributed by atoms with E-state index in [0.29, 0.717) is 12.3 Å². The molecule has 11 nitrogen and oxygen atoms in total. The number of nitrogens with zero attached hydrogens (tertiary/aromatic N) is 5. The van der Waals surface area contributed by atoms with E-state index < -0.39 is 24.3 Å². The number of alkyl halides is 6. The van der Waals surface area contributed by atoms with Gasteiger partial charge in [0.15, 0.2) is 5.76 Å². The minimum Gasteiger partial charge on any atom is -0.475 e. The van der Waals surface area contributed by atoms with Crippen LogP contribution < -0.4 is 4.90 Å². The van der Waals surface area contributed by atoms with E-state index in [1.165, 1.54) is 31.5 Å². The maximum absolute atomic E-state index is 13.0. The second-order valence-electron chi connectivity index (χ2n) is 10.8. The SMILES string of the molecule is O=C(O)C(F)(F)F.O=C(O)C(F)(F)F.O=C(c1ccco1)N1CCN(CC2CC2)C(c2cn3c(N4CCCC4)cccc3n2)C1. The smallest absolute Gasteiger partial charge is 0.475 e. The summed E-state index contributed by atoms with van der Waals surface area (Å²) in [7, 11) is 0. The molecule has 3 aliphatic rings. The third kappa shape index (κ3) is 8.89. The van der Waals surface area contributed by atoms with E-state index in [-0.39, 0.29) is 11.9 Å². The van der Waals surface area contributed by atoms with Crippen molar-refractivity contribution in [1.82, 2.24) is 19.2 Å². The van der Waals surface area contributed by atoms with E-state index in [1.807, 2.05) is 4.90 Å². The fraction of sp³-hybridized carbons (Fsp3) is 0.500. The lowest BCUT2D eigenvalue weighted by Gasteiger charge is -2.40. The Bertz CT molecular complexity index is 1440. The van der Waals surface area contributed by atoms with Crippen molar-refractivity contribution in [3.8, 4) is 0 Å². The molecule has 246 valence electrons. The van der Waals surface area contributed by atoms with Crippen molar-refractivity contribution < 1.29 is 55.4 Å². The normalized spacial score (nSPS) is 19.0. The zero-order valence-electron chi connectivity index (χ0n) is 23.8. The molecular weight excluding hydrogens is 616 g/mol. The highest BCUT2D eigenvalue weighted by atomic mass is 19.4. The number of hydrogen-bond donors (Lipinski definition) is 2. The van der Waals surface area contributed by atoms with Gasteiger partial charge in [0.25, 0.3) is 5.91 Å². The number of halogens is 6. The predicted molar refractivity (Wildman–Crippen MR) is 146 cm³/mol. The van der Waals surface area contributed by atoms with Crippen molar-refractivity contribution in [2.45, 2.75) is 44.1 Å². The van der Waals surface area contributed by atoms with Gasteiger partial charge in [0.05, 0.1) is 18.0 Å². The summed E-state index contributed by atoms with van der Waals surface area (Å²) < 4.78 is 71.1. The average molecular weight is 648 g/mol. The van der Waals surface area contributed by atoms with E-state index in [0.717, 1.165) is 50.0 Å². The van der Waals surface area contributed by atoms with Crippen LogP contribution in [0.3, 0.4) is 0 Å². The molecule has 3 aromatic rings. The van der Waals surface area contributed by atoms with Crippen molar-refractivity contribution in [2.75, 3.05) is 44.2 Å². The molecule has 1 amide bonds. The molecule has 0 spiro atoms. The molecule has 3 aromatic heterocycles. The highest BCUT2D eigenvalue weighted by Gasteiger charge is 2.39. The van der Waals surface area contributed by atoms with Gasteiger partial charge in [0, 0.05) is 45.5 Å². The van der Waals surface area contributed by atoms with Crippen LogP contribution in [0, 0.1) is 5.92 Å². The molecule has 17 heteroatoms. The number of hydrogen-bond acceptors (Lipinski definition) is 7. The standard InChI is InChI=1S/C24H29N5O2.2C2HF3O2/c30-24(21-5-4-14-31-21)28-13-12-27(15-18-8-9-18)20(17-28)19-16-29-22(25-19)6-3-7-23(29)26-10-1-2-11-26;2*3-2(4,5)1(6)7/h3-7,14,16,18,20H,1-2,8-13,15,17H2;2*(H,6,7). The number of imidazole rings is 1. The van der Waals surface area contributed by atoms with Gasteiger partial charge >= 0.3 is 24.3 Å². The van der Waals surface area contributed by atoms with E-state index in [9.17, 15) is 31.1 Å². The van der Waals surface area contributed by atoms with Gasteiger partial charge in [-0.1, -0.05) is 6.07 Å².